The van der Waals surface area contributed by atoms with E-state index in [0.717, 1.165) is 89.2 Å². The van der Waals surface area contributed by atoms with Crippen LogP contribution < -0.4 is 0 Å². The standard InChI is InChI=1S/C54H76N2O8/c1-27-44-40(61-54(27)17-15-47(5,26-57)64-54)20-34-31-12-10-29-18-36-38(23-48(29,6)33(31)21-42(58)50(34,44)8)55-37-19-30-11-13-32-35(49(30,7)24-39(37)56-36)22-43(59)52(32)25-41-45(51(52,9)60)28(2)53(62-41)16-14-46(3,4)63-53/h20,27-33,35,40-42,44-45,57-58,60H,10-19,21-26H2,1-9H3/t27-,28-,29-,30-,31+,32+,33-,35-,40+,41-,42+,44-,45-,47-,48-,49-,50+,51-,52-,53+,54-/m0/s1. The van der Waals surface area contributed by atoms with Gasteiger partial charge in [0, 0.05) is 48.3 Å². The number of hydrogen-bond acceptors (Lipinski definition) is 10. The third-order valence-corrected chi connectivity index (χ3v) is 23.4. The van der Waals surface area contributed by atoms with Gasteiger partial charge in [-0.05, 0) is 151 Å². The Morgan fingerprint density at radius 2 is 1.34 bits per heavy atom. The summed E-state index contributed by atoms with van der Waals surface area (Å²) in [6.07, 6.45) is 14.9. The highest BCUT2D eigenvalue weighted by Crippen LogP contribution is 2.74. The molecule has 0 unspecified atom stereocenters. The van der Waals surface area contributed by atoms with Crippen LogP contribution in [0.4, 0.5) is 0 Å². The Hall–Kier alpha value is -1.79. The highest BCUT2D eigenvalue weighted by molar-refractivity contribution is 5.90. The maximum absolute atomic E-state index is 14.8. The predicted molar refractivity (Wildman–Crippen MR) is 237 cm³/mol. The topological polar surface area (TPSA) is 140 Å². The highest BCUT2D eigenvalue weighted by atomic mass is 16.7. The van der Waals surface area contributed by atoms with Crippen molar-refractivity contribution in [3.05, 3.63) is 34.4 Å². The van der Waals surface area contributed by atoms with E-state index >= 15 is 0 Å². The van der Waals surface area contributed by atoms with Gasteiger partial charge >= 0.3 is 0 Å². The predicted octanol–water partition coefficient (Wildman–Crippen LogP) is 7.64. The summed E-state index contributed by atoms with van der Waals surface area (Å²) < 4.78 is 27.1. The number of nitrogens with zero attached hydrogens (tertiary/aromatic N) is 2. The van der Waals surface area contributed by atoms with Crippen LogP contribution in [-0.2, 0) is 49.4 Å². The van der Waals surface area contributed by atoms with Crippen molar-refractivity contribution >= 4 is 5.78 Å². The summed E-state index contributed by atoms with van der Waals surface area (Å²) in [4.78, 5) is 26.0. The molecule has 8 aliphatic carbocycles. The molecule has 9 fully saturated rings. The minimum atomic E-state index is -1.16. The zero-order valence-electron chi connectivity index (χ0n) is 40.2. The number of fused-ring (bicyclic) bond motifs is 14. The lowest BCUT2D eigenvalue weighted by atomic mass is 9.45. The number of aliphatic hydroxyl groups is 3. The van der Waals surface area contributed by atoms with E-state index in [1.54, 1.807) is 0 Å². The summed E-state index contributed by atoms with van der Waals surface area (Å²) in [7, 11) is 0. The van der Waals surface area contributed by atoms with Gasteiger partial charge in [0.2, 0.25) is 0 Å². The SMILES string of the molecule is C[C@H]1[C@H]2[C@@H](C=C3[C@@H]4CC[C@H]5Cc6nc7c(nc6C[C@]5(C)[C@H]4C[C@@H](O)[C@@]32C)C[C@@H]2CC[C@@H]3[C@H](CC(=O)[C@]34C[C@@H]3O[C@@]5(CCC(C)(C)O5)[C@@H](C)[C@@H]3[C@]4(C)O)[C@@]2(C)C7)O[C@]12CC[C@@](C)(CO)O2. The molecule has 13 rings (SSSR count). The van der Waals surface area contributed by atoms with E-state index in [1.165, 1.54) is 22.7 Å². The molecule has 5 saturated carbocycles. The van der Waals surface area contributed by atoms with E-state index in [-0.39, 0.29) is 82.0 Å². The molecule has 1 aromatic heterocycles. The third kappa shape index (κ3) is 4.92. The average Bonchev–Trinajstić information content (AvgIpc) is 4.06. The van der Waals surface area contributed by atoms with Crippen molar-refractivity contribution in [2.75, 3.05) is 6.61 Å². The summed E-state index contributed by atoms with van der Waals surface area (Å²) in [5.74, 6) is 1.08. The second kappa shape index (κ2) is 12.7. The van der Waals surface area contributed by atoms with Gasteiger partial charge < -0.3 is 34.3 Å². The molecule has 64 heavy (non-hydrogen) atoms. The summed E-state index contributed by atoms with van der Waals surface area (Å²) in [6, 6.07) is 0. The van der Waals surface area contributed by atoms with Crippen molar-refractivity contribution in [2.24, 2.45) is 80.8 Å². The van der Waals surface area contributed by atoms with E-state index in [0.29, 0.717) is 36.5 Å². The Kier molecular flexibility index (Phi) is 8.40. The molecule has 3 N–H and O–H groups in total. The molecule has 1 aromatic rings. The Morgan fingerprint density at radius 3 is 1.97 bits per heavy atom. The molecule has 0 amide bonds. The molecule has 10 nitrogen and oxygen atoms in total. The van der Waals surface area contributed by atoms with E-state index in [2.05, 4.69) is 54.5 Å². The number of aromatic nitrogens is 2. The number of aliphatic hydroxyl groups excluding tert-OH is 2. The largest absolute Gasteiger partial charge is 0.393 e. The first kappa shape index (κ1) is 42.3. The first-order valence-corrected chi connectivity index (χ1v) is 26.0. The molecular formula is C54H76N2O8. The van der Waals surface area contributed by atoms with Gasteiger partial charge in [-0.3, -0.25) is 14.8 Å². The van der Waals surface area contributed by atoms with Gasteiger partial charge in [0.05, 0.1) is 69.9 Å². The molecule has 5 heterocycles. The monoisotopic (exact) mass is 881 g/mol. The Bertz CT molecular complexity index is 2260. The van der Waals surface area contributed by atoms with Crippen molar-refractivity contribution in [1.82, 2.24) is 9.97 Å². The fourth-order valence-electron chi connectivity index (χ4n) is 20.0. The van der Waals surface area contributed by atoms with E-state index in [1.807, 2.05) is 13.8 Å². The molecule has 10 heteroatoms. The lowest BCUT2D eigenvalue weighted by molar-refractivity contribution is -0.257. The molecule has 0 radical (unpaired) electrons. The minimum Gasteiger partial charge on any atom is -0.393 e. The fourth-order valence-corrected chi connectivity index (χ4v) is 20.0. The number of carbonyl (C=O) groups is 1. The lowest BCUT2D eigenvalue weighted by Crippen LogP contribution is -2.58. The summed E-state index contributed by atoms with van der Waals surface area (Å²) in [5.41, 5.74) is 2.94. The number of ether oxygens (including phenoxy) is 4. The van der Waals surface area contributed by atoms with Crippen LogP contribution in [0.3, 0.4) is 0 Å². The maximum atomic E-state index is 14.8. The summed E-state index contributed by atoms with van der Waals surface area (Å²) >= 11 is 0. The first-order chi connectivity index (χ1) is 30.1. The molecule has 4 aliphatic heterocycles. The second-order valence-corrected chi connectivity index (χ2v) is 26.4. The fraction of sp³-hybridized carbons (Fsp3) is 0.870. The van der Waals surface area contributed by atoms with Crippen LogP contribution in [0, 0.1) is 80.8 Å². The van der Waals surface area contributed by atoms with Crippen molar-refractivity contribution in [3.63, 3.8) is 0 Å². The number of hydrogen-bond donors (Lipinski definition) is 3. The normalized spacial score (nSPS) is 58.1. The zero-order chi connectivity index (χ0) is 44.7. The van der Waals surface area contributed by atoms with Gasteiger partial charge in [-0.1, -0.05) is 46.3 Å². The highest BCUT2D eigenvalue weighted by Gasteiger charge is 2.79. The molecular weight excluding hydrogens is 805 g/mol. The maximum Gasteiger partial charge on any atom is 0.172 e. The molecule has 0 aromatic carbocycles. The quantitative estimate of drug-likeness (QED) is 0.241. The zero-order valence-corrected chi connectivity index (χ0v) is 40.2. The van der Waals surface area contributed by atoms with Gasteiger partial charge in [0.15, 0.2) is 11.6 Å². The second-order valence-electron chi connectivity index (χ2n) is 26.4. The van der Waals surface area contributed by atoms with Gasteiger partial charge in [0.1, 0.15) is 5.78 Å². The molecule has 4 saturated heterocycles. The molecule has 21 atom stereocenters. The van der Waals surface area contributed by atoms with Crippen LogP contribution >= 0.6 is 0 Å². The summed E-state index contributed by atoms with van der Waals surface area (Å²) in [6.45, 7) is 20.0. The van der Waals surface area contributed by atoms with Crippen molar-refractivity contribution < 1.29 is 39.1 Å². The summed E-state index contributed by atoms with van der Waals surface area (Å²) in [5, 5.41) is 35.5. The van der Waals surface area contributed by atoms with Gasteiger partial charge in [0.25, 0.3) is 0 Å². The van der Waals surface area contributed by atoms with E-state index in [9.17, 15) is 20.1 Å². The number of ketones is 1. The smallest absolute Gasteiger partial charge is 0.172 e. The van der Waals surface area contributed by atoms with Crippen molar-refractivity contribution in [3.8, 4) is 0 Å². The molecule has 3 spiro atoms. The molecule has 12 aliphatic rings. The molecule has 350 valence electrons. The van der Waals surface area contributed by atoms with Crippen LogP contribution in [0.15, 0.2) is 11.6 Å². The number of rotatable bonds is 1. The Morgan fingerprint density at radius 1 is 0.719 bits per heavy atom. The van der Waals surface area contributed by atoms with Crippen LogP contribution in [0.25, 0.3) is 0 Å². The Balaban J connectivity index is 0.761. The van der Waals surface area contributed by atoms with Gasteiger partial charge in [-0.15, -0.1) is 0 Å². The van der Waals surface area contributed by atoms with Crippen molar-refractivity contribution in [2.45, 2.75) is 205 Å². The van der Waals surface area contributed by atoms with E-state index < -0.39 is 34.3 Å². The van der Waals surface area contributed by atoms with E-state index in [4.69, 9.17) is 28.9 Å². The van der Waals surface area contributed by atoms with Gasteiger partial charge in [-0.25, -0.2) is 0 Å². The lowest BCUT2D eigenvalue weighted by Gasteiger charge is -2.60. The van der Waals surface area contributed by atoms with Crippen LogP contribution in [0.2, 0.25) is 0 Å². The third-order valence-electron chi connectivity index (χ3n) is 23.4. The first-order valence-electron chi connectivity index (χ1n) is 26.0. The van der Waals surface area contributed by atoms with Crippen LogP contribution in [0.1, 0.15) is 156 Å². The van der Waals surface area contributed by atoms with Crippen LogP contribution in [0.5, 0.6) is 0 Å². The van der Waals surface area contributed by atoms with Crippen molar-refractivity contribution in [1.29, 1.82) is 0 Å². The Labute approximate surface area is 380 Å². The minimum absolute atomic E-state index is 0.0113. The number of Topliss-reactive ketones (excluding diaryl/α,β-unsaturated/α-hetero) is 1. The van der Waals surface area contributed by atoms with Gasteiger partial charge in [-0.2, -0.15) is 0 Å². The molecule has 0 bridgehead atoms. The van der Waals surface area contributed by atoms with Crippen LogP contribution in [-0.4, -0.2) is 84.4 Å². The number of carbonyl (C=O) groups excluding carboxylic acids is 1. The average molecular weight is 881 g/mol.